The van der Waals surface area contributed by atoms with Gasteiger partial charge in [-0.2, -0.15) is 0 Å². The van der Waals surface area contributed by atoms with Gasteiger partial charge in [-0.25, -0.2) is 9.97 Å². The van der Waals surface area contributed by atoms with Crippen molar-refractivity contribution < 1.29 is 4.79 Å². The summed E-state index contributed by atoms with van der Waals surface area (Å²) in [4.78, 5) is 20.0. The summed E-state index contributed by atoms with van der Waals surface area (Å²) in [5.74, 6) is -0.249. The maximum absolute atomic E-state index is 12.3. The molecule has 1 aromatic carbocycles. The first-order valence-corrected chi connectivity index (χ1v) is 6.68. The zero-order valence-electron chi connectivity index (χ0n) is 11.1. The van der Waals surface area contributed by atoms with Crippen LogP contribution in [0.3, 0.4) is 0 Å². The molecule has 2 rings (SSSR count). The van der Waals surface area contributed by atoms with E-state index in [2.05, 4.69) is 27.5 Å². The number of amides is 1. The molecule has 0 unspecified atom stereocenters. The van der Waals surface area contributed by atoms with Crippen molar-refractivity contribution in [2.45, 2.75) is 13.3 Å². The topological polar surface area (TPSA) is 66.9 Å². The van der Waals surface area contributed by atoms with Crippen molar-refractivity contribution in [2.75, 3.05) is 17.2 Å². The van der Waals surface area contributed by atoms with E-state index in [4.69, 9.17) is 11.6 Å². The Hall–Kier alpha value is -2.14. The van der Waals surface area contributed by atoms with Gasteiger partial charge >= 0.3 is 0 Å². The molecule has 0 spiro atoms. The third-order valence-electron chi connectivity index (χ3n) is 2.61. The molecule has 0 aliphatic carbocycles. The predicted octanol–water partition coefficient (Wildman–Crippen LogP) is 3.20. The number of carbonyl (C=O) groups is 1. The number of nitrogens with zero attached hydrogens (tertiary/aromatic N) is 2. The number of halogens is 1. The lowest BCUT2D eigenvalue weighted by atomic mass is 10.1. The van der Waals surface area contributed by atoms with E-state index in [0.29, 0.717) is 16.3 Å². The summed E-state index contributed by atoms with van der Waals surface area (Å²) in [6.07, 6.45) is 5.45. The van der Waals surface area contributed by atoms with Crippen LogP contribution in [0.1, 0.15) is 23.7 Å². The second-order valence-corrected chi connectivity index (χ2v) is 4.63. The average Bonchev–Trinajstić information content (AvgIpc) is 2.47. The minimum Gasteiger partial charge on any atom is -0.384 e. The molecule has 1 heterocycles. The average molecular weight is 291 g/mol. The second-order valence-electron chi connectivity index (χ2n) is 4.20. The maximum atomic E-state index is 12.3. The Bertz CT molecular complexity index is 589. The van der Waals surface area contributed by atoms with Gasteiger partial charge in [0.25, 0.3) is 5.91 Å². The van der Waals surface area contributed by atoms with E-state index in [1.165, 1.54) is 18.7 Å². The van der Waals surface area contributed by atoms with Crippen LogP contribution in [0.25, 0.3) is 0 Å². The van der Waals surface area contributed by atoms with Gasteiger partial charge in [-0.1, -0.05) is 18.5 Å². The third kappa shape index (κ3) is 3.68. The number of hydrogen-bond donors (Lipinski definition) is 2. The van der Waals surface area contributed by atoms with Gasteiger partial charge in [0.15, 0.2) is 0 Å². The third-order valence-corrected chi connectivity index (χ3v) is 2.85. The van der Waals surface area contributed by atoms with Crippen LogP contribution in [0.5, 0.6) is 0 Å². The normalized spacial score (nSPS) is 10.1. The van der Waals surface area contributed by atoms with Gasteiger partial charge < -0.3 is 10.6 Å². The molecular formula is C14H15ClN4O. The van der Waals surface area contributed by atoms with Crippen molar-refractivity contribution in [3.8, 4) is 0 Å². The largest absolute Gasteiger partial charge is 0.384 e. The molecule has 20 heavy (non-hydrogen) atoms. The Morgan fingerprint density at radius 1 is 1.30 bits per heavy atom. The molecule has 2 aromatic rings. The summed E-state index contributed by atoms with van der Waals surface area (Å²) in [7, 11) is 0. The maximum Gasteiger partial charge on any atom is 0.257 e. The van der Waals surface area contributed by atoms with Crippen LogP contribution in [-0.4, -0.2) is 22.4 Å². The van der Waals surface area contributed by atoms with Crippen molar-refractivity contribution in [1.82, 2.24) is 9.97 Å². The highest BCUT2D eigenvalue weighted by molar-refractivity contribution is 6.31. The summed E-state index contributed by atoms with van der Waals surface area (Å²) in [5, 5.41) is 6.46. The number of carbonyl (C=O) groups excluding carboxylic acids is 1. The molecule has 6 heteroatoms. The van der Waals surface area contributed by atoms with Crippen LogP contribution in [-0.2, 0) is 0 Å². The summed E-state index contributed by atoms with van der Waals surface area (Å²) < 4.78 is 0. The summed E-state index contributed by atoms with van der Waals surface area (Å²) >= 11 is 5.97. The molecule has 1 amide bonds. The molecule has 104 valence electrons. The fraction of sp³-hybridized carbons (Fsp3) is 0.214. The number of benzene rings is 1. The van der Waals surface area contributed by atoms with Gasteiger partial charge in [-0.3, -0.25) is 4.79 Å². The highest BCUT2D eigenvalue weighted by Gasteiger charge is 2.12. The Balaban J connectivity index is 2.21. The summed E-state index contributed by atoms with van der Waals surface area (Å²) in [6, 6.07) is 5.19. The van der Waals surface area contributed by atoms with Gasteiger partial charge in [0.05, 0.1) is 23.6 Å². The zero-order valence-corrected chi connectivity index (χ0v) is 11.8. The number of anilines is 2. The Labute approximate surface area is 122 Å². The Kier molecular flexibility index (Phi) is 4.90. The molecule has 0 fully saturated rings. The first kappa shape index (κ1) is 14.3. The first-order valence-electron chi connectivity index (χ1n) is 6.30. The van der Waals surface area contributed by atoms with Gasteiger partial charge in [0.2, 0.25) is 0 Å². The van der Waals surface area contributed by atoms with Crippen LogP contribution in [0.4, 0.5) is 11.4 Å². The van der Waals surface area contributed by atoms with E-state index < -0.39 is 0 Å². The first-order chi connectivity index (χ1) is 9.70. The lowest BCUT2D eigenvalue weighted by Gasteiger charge is -2.12. The fourth-order valence-corrected chi connectivity index (χ4v) is 1.85. The molecule has 0 atom stereocenters. The molecule has 1 aromatic heterocycles. The number of nitrogens with one attached hydrogen (secondary N) is 2. The van der Waals surface area contributed by atoms with E-state index in [9.17, 15) is 4.79 Å². The molecule has 0 saturated carbocycles. The lowest BCUT2D eigenvalue weighted by Crippen LogP contribution is -2.15. The molecule has 0 saturated heterocycles. The standard InChI is InChI=1S/C14H15ClN4O/c1-2-5-18-13-4-3-10(15)6-12(13)14(20)19-11-7-16-9-17-8-11/h3-4,6-9,18H,2,5H2,1H3,(H,19,20). The van der Waals surface area contributed by atoms with Crippen LogP contribution < -0.4 is 10.6 Å². The van der Waals surface area contributed by atoms with Gasteiger partial charge in [-0.05, 0) is 24.6 Å². The van der Waals surface area contributed by atoms with E-state index >= 15 is 0 Å². The highest BCUT2D eigenvalue weighted by Crippen LogP contribution is 2.22. The van der Waals surface area contributed by atoms with E-state index in [1.54, 1.807) is 18.2 Å². The second kappa shape index (κ2) is 6.86. The predicted molar refractivity (Wildman–Crippen MR) is 80.2 cm³/mol. The molecular weight excluding hydrogens is 276 g/mol. The van der Waals surface area contributed by atoms with Crippen molar-refractivity contribution in [3.05, 3.63) is 47.5 Å². The Morgan fingerprint density at radius 2 is 2.05 bits per heavy atom. The van der Waals surface area contributed by atoms with Crippen molar-refractivity contribution in [3.63, 3.8) is 0 Å². The SMILES string of the molecule is CCCNc1ccc(Cl)cc1C(=O)Nc1cncnc1. The molecule has 0 aliphatic rings. The number of hydrogen-bond acceptors (Lipinski definition) is 4. The van der Waals surface area contributed by atoms with Crippen LogP contribution in [0, 0.1) is 0 Å². The summed E-state index contributed by atoms with van der Waals surface area (Å²) in [5.41, 5.74) is 1.79. The zero-order chi connectivity index (χ0) is 14.4. The molecule has 0 radical (unpaired) electrons. The smallest absolute Gasteiger partial charge is 0.257 e. The van der Waals surface area contributed by atoms with E-state index in [-0.39, 0.29) is 5.91 Å². The monoisotopic (exact) mass is 290 g/mol. The van der Waals surface area contributed by atoms with E-state index in [0.717, 1.165) is 18.7 Å². The minimum atomic E-state index is -0.249. The van der Waals surface area contributed by atoms with Crippen molar-refractivity contribution in [1.29, 1.82) is 0 Å². The highest BCUT2D eigenvalue weighted by atomic mass is 35.5. The van der Waals surface area contributed by atoms with Gasteiger partial charge in [0, 0.05) is 17.3 Å². The van der Waals surface area contributed by atoms with Crippen LogP contribution >= 0.6 is 11.6 Å². The molecule has 2 N–H and O–H groups in total. The molecule has 5 nitrogen and oxygen atoms in total. The van der Waals surface area contributed by atoms with E-state index in [1.807, 2.05) is 0 Å². The number of rotatable bonds is 5. The molecule has 0 bridgehead atoms. The lowest BCUT2D eigenvalue weighted by molar-refractivity contribution is 0.102. The minimum absolute atomic E-state index is 0.249. The van der Waals surface area contributed by atoms with Crippen LogP contribution in [0.2, 0.25) is 5.02 Å². The Morgan fingerprint density at radius 3 is 2.75 bits per heavy atom. The van der Waals surface area contributed by atoms with Gasteiger partial charge in [-0.15, -0.1) is 0 Å². The van der Waals surface area contributed by atoms with Crippen molar-refractivity contribution in [2.24, 2.45) is 0 Å². The summed E-state index contributed by atoms with van der Waals surface area (Å²) in [6.45, 7) is 2.85. The van der Waals surface area contributed by atoms with Crippen molar-refractivity contribution >= 4 is 28.9 Å². The molecule has 0 aliphatic heterocycles. The number of aromatic nitrogens is 2. The van der Waals surface area contributed by atoms with Gasteiger partial charge in [0.1, 0.15) is 6.33 Å². The quantitative estimate of drug-likeness (QED) is 0.887. The fourth-order valence-electron chi connectivity index (χ4n) is 1.68. The van der Waals surface area contributed by atoms with Crippen LogP contribution in [0.15, 0.2) is 36.9 Å².